The highest BCUT2D eigenvalue weighted by molar-refractivity contribution is 5.95. The molecule has 7 nitrogen and oxygen atoms in total. The Labute approximate surface area is 165 Å². The Bertz CT molecular complexity index is 767. The molecule has 2 heterocycles. The Morgan fingerprint density at radius 3 is 1.89 bits per heavy atom. The normalized spacial score (nSPS) is 14.1. The number of carbonyl (C=O) groups is 2. The Balaban J connectivity index is 0.00000261. The van der Waals surface area contributed by atoms with Gasteiger partial charge in [0.1, 0.15) is 6.33 Å². The van der Waals surface area contributed by atoms with Gasteiger partial charge in [-0.15, -0.1) is 12.4 Å². The number of benzene rings is 1. The van der Waals surface area contributed by atoms with Crippen LogP contribution in [0, 0.1) is 0 Å². The number of aromatic nitrogens is 2. The first-order valence-electron chi connectivity index (χ1n) is 8.67. The quantitative estimate of drug-likeness (QED) is 0.802. The lowest BCUT2D eigenvalue weighted by atomic mass is 10.1. The summed E-state index contributed by atoms with van der Waals surface area (Å²) in [5.41, 5.74) is 2.21. The standard InChI is InChI=1S/C19H23N5O2.ClH/c1-22(2)17-6-4-15(5-7-17)18(25)23-8-3-9-24(11-10-23)19(26)16-12-20-14-21-13-16;/h4-7,12-14H,3,8-11H2,1-2H3;1H. The predicted octanol–water partition coefficient (Wildman–Crippen LogP) is 1.95. The summed E-state index contributed by atoms with van der Waals surface area (Å²) in [6.45, 7) is 2.29. The minimum Gasteiger partial charge on any atom is -0.378 e. The van der Waals surface area contributed by atoms with Gasteiger partial charge >= 0.3 is 0 Å². The van der Waals surface area contributed by atoms with Gasteiger partial charge < -0.3 is 14.7 Å². The third-order valence-electron chi connectivity index (χ3n) is 4.51. The fourth-order valence-corrected chi connectivity index (χ4v) is 3.00. The van der Waals surface area contributed by atoms with Crippen LogP contribution in [0.4, 0.5) is 5.69 Å². The molecule has 0 unspecified atom stereocenters. The summed E-state index contributed by atoms with van der Waals surface area (Å²) in [7, 11) is 3.93. The Kier molecular flexibility index (Phi) is 7.12. The van der Waals surface area contributed by atoms with Crippen molar-refractivity contribution in [3.05, 3.63) is 54.1 Å². The zero-order valence-corrected chi connectivity index (χ0v) is 16.4. The molecule has 1 aliphatic rings. The van der Waals surface area contributed by atoms with Crippen LogP contribution in [-0.4, -0.2) is 71.9 Å². The SMILES string of the molecule is CN(C)c1ccc(C(=O)N2CCCN(C(=O)c3cncnc3)CC2)cc1.Cl. The summed E-state index contributed by atoms with van der Waals surface area (Å²) >= 11 is 0. The molecule has 1 aromatic heterocycles. The van der Waals surface area contributed by atoms with E-state index < -0.39 is 0 Å². The average molecular weight is 390 g/mol. The van der Waals surface area contributed by atoms with Crippen molar-refractivity contribution >= 4 is 29.9 Å². The molecule has 1 fully saturated rings. The molecule has 0 spiro atoms. The maximum atomic E-state index is 12.8. The maximum Gasteiger partial charge on any atom is 0.257 e. The second-order valence-electron chi connectivity index (χ2n) is 6.51. The van der Waals surface area contributed by atoms with Crippen LogP contribution in [0.5, 0.6) is 0 Å². The van der Waals surface area contributed by atoms with E-state index in [2.05, 4.69) is 9.97 Å². The van der Waals surface area contributed by atoms with Gasteiger partial charge in [0.2, 0.25) is 0 Å². The van der Waals surface area contributed by atoms with Crippen LogP contribution in [0.25, 0.3) is 0 Å². The number of carbonyl (C=O) groups excluding carboxylic acids is 2. The molecule has 0 saturated carbocycles. The van der Waals surface area contributed by atoms with E-state index in [4.69, 9.17) is 0 Å². The van der Waals surface area contributed by atoms with E-state index in [0.717, 1.165) is 12.1 Å². The first-order valence-corrected chi connectivity index (χ1v) is 8.67. The van der Waals surface area contributed by atoms with Crippen LogP contribution in [0.3, 0.4) is 0 Å². The molecule has 0 bridgehead atoms. The summed E-state index contributed by atoms with van der Waals surface area (Å²) in [6.07, 6.45) is 5.20. The van der Waals surface area contributed by atoms with Gasteiger partial charge in [-0.2, -0.15) is 0 Å². The van der Waals surface area contributed by atoms with Crippen molar-refractivity contribution in [2.45, 2.75) is 6.42 Å². The van der Waals surface area contributed by atoms with Crippen LogP contribution < -0.4 is 4.90 Å². The molecular weight excluding hydrogens is 366 g/mol. The molecule has 144 valence electrons. The highest BCUT2D eigenvalue weighted by Gasteiger charge is 2.23. The summed E-state index contributed by atoms with van der Waals surface area (Å²) in [4.78, 5) is 38.7. The molecule has 1 saturated heterocycles. The molecule has 3 rings (SSSR count). The topological polar surface area (TPSA) is 69.6 Å². The largest absolute Gasteiger partial charge is 0.378 e. The molecule has 8 heteroatoms. The average Bonchev–Trinajstić information content (AvgIpc) is 2.94. The van der Waals surface area contributed by atoms with Crippen molar-refractivity contribution in [3.63, 3.8) is 0 Å². The van der Waals surface area contributed by atoms with E-state index >= 15 is 0 Å². The molecule has 2 amide bonds. The molecule has 27 heavy (non-hydrogen) atoms. The van der Waals surface area contributed by atoms with Crippen LogP contribution in [0.15, 0.2) is 43.0 Å². The monoisotopic (exact) mass is 389 g/mol. The van der Waals surface area contributed by atoms with Crippen LogP contribution in [-0.2, 0) is 0 Å². The van der Waals surface area contributed by atoms with Gasteiger partial charge in [-0.25, -0.2) is 9.97 Å². The first kappa shape index (κ1) is 20.6. The van der Waals surface area contributed by atoms with Gasteiger partial charge in [0.05, 0.1) is 5.56 Å². The van der Waals surface area contributed by atoms with E-state index in [1.165, 1.54) is 18.7 Å². The summed E-state index contributed by atoms with van der Waals surface area (Å²) in [5.74, 6) is -0.0807. The third kappa shape index (κ3) is 4.95. The van der Waals surface area contributed by atoms with Gasteiger partial charge in [-0.05, 0) is 30.7 Å². The van der Waals surface area contributed by atoms with Crippen molar-refractivity contribution in [1.29, 1.82) is 0 Å². The minimum absolute atomic E-state index is 0. The number of amides is 2. The van der Waals surface area contributed by atoms with Crippen LogP contribution in [0.2, 0.25) is 0 Å². The summed E-state index contributed by atoms with van der Waals surface area (Å²) in [6, 6.07) is 7.59. The van der Waals surface area contributed by atoms with Crippen LogP contribution >= 0.6 is 12.4 Å². The van der Waals surface area contributed by atoms with Gasteiger partial charge in [0.25, 0.3) is 11.8 Å². The van der Waals surface area contributed by atoms with Gasteiger partial charge in [0.15, 0.2) is 0 Å². The number of anilines is 1. The Morgan fingerprint density at radius 1 is 0.852 bits per heavy atom. The maximum absolute atomic E-state index is 12.8. The van der Waals surface area contributed by atoms with Crippen molar-refractivity contribution in [2.75, 3.05) is 45.2 Å². The Morgan fingerprint density at radius 2 is 1.37 bits per heavy atom. The summed E-state index contributed by atoms with van der Waals surface area (Å²) in [5, 5.41) is 0. The molecule has 1 aromatic carbocycles. The fraction of sp³-hybridized carbons (Fsp3) is 0.368. The second kappa shape index (κ2) is 9.32. The van der Waals surface area contributed by atoms with E-state index in [1.54, 1.807) is 4.90 Å². The lowest BCUT2D eigenvalue weighted by Crippen LogP contribution is -2.37. The van der Waals surface area contributed by atoms with E-state index in [0.29, 0.717) is 37.3 Å². The predicted molar refractivity (Wildman–Crippen MR) is 106 cm³/mol. The highest BCUT2D eigenvalue weighted by atomic mass is 35.5. The number of rotatable bonds is 3. The van der Waals surface area contributed by atoms with E-state index in [9.17, 15) is 9.59 Å². The number of nitrogens with zero attached hydrogens (tertiary/aromatic N) is 5. The van der Waals surface area contributed by atoms with E-state index in [-0.39, 0.29) is 24.2 Å². The smallest absolute Gasteiger partial charge is 0.257 e. The van der Waals surface area contributed by atoms with Gasteiger partial charge in [-0.1, -0.05) is 0 Å². The first-order chi connectivity index (χ1) is 12.6. The molecule has 0 atom stereocenters. The lowest BCUT2D eigenvalue weighted by Gasteiger charge is -2.22. The van der Waals surface area contributed by atoms with Crippen molar-refractivity contribution < 1.29 is 9.59 Å². The lowest BCUT2D eigenvalue weighted by molar-refractivity contribution is 0.0718. The summed E-state index contributed by atoms with van der Waals surface area (Å²) < 4.78 is 0. The van der Waals surface area contributed by atoms with Crippen LogP contribution in [0.1, 0.15) is 27.1 Å². The molecule has 0 N–H and O–H groups in total. The van der Waals surface area contributed by atoms with Crippen molar-refractivity contribution in [1.82, 2.24) is 19.8 Å². The molecule has 0 radical (unpaired) electrons. The molecule has 0 aliphatic carbocycles. The molecule has 1 aliphatic heterocycles. The number of hydrogen-bond acceptors (Lipinski definition) is 5. The zero-order valence-electron chi connectivity index (χ0n) is 15.5. The number of halogens is 1. The second-order valence-corrected chi connectivity index (χ2v) is 6.51. The Hall–Kier alpha value is -2.67. The van der Waals surface area contributed by atoms with Gasteiger partial charge in [-0.3, -0.25) is 9.59 Å². The minimum atomic E-state index is -0.0877. The number of hydrogen-bond donors (Lipinski definition) is 0. The van der Waals surface area contributed by atoms with Crippen molar-refractivity contribution in [2.24, 2.45) is 0 Å². The van der Waals surface area contributed by atoms with E-state index in [1.807, 2.05) is 48.2 Å². The zero-order chi connectivity index (χ0) is 18.5. The van der Waals surface area contributed by atoms with Gasteiger partial charge in [0, 0.05) is 63.9 Å². The fourth-order valence-electron chi connectivity index (χ4n) is 3.00. The molecular formula is C19H24ClN5O2. The third-order valence-corrected chi connectivity index (χ3v) is 4.51. The van der Waals surface area contributed by atoms with Crippen molar-refractivity contribution in [3.8, 4) is 0 Å². The highest BCUT2D eigenvalue weighted by Crippen LogP contribution is 2.15. The molecule has 2 aromatic rings.